The lowest BCUT2D eigenvalue weighted by molar-refractivity contribution is 0.414. The number of thioether (sulfide) groups is 1. The van der Waals surface area contributed by atoms with Crippen molar-refractivity contribution in [1.29, 1.82) is 0 Å². The average Bonchev–Trinajstić information content (AvgIpc) is 2.51. The number of methoxy groups -OCH3 is 1. The third kappa shape index (κ3) is 5.27. The first-order valence-electron chi connectivity index (χ1n) is 6.90. The lowest BCUT2D eigenvalue weighted by Gasteiger charge is -2.16. The molecule has 0 amide bonds. The minimum atomic E-state index is 0.404. The second-order valence-corrected chi connectivity index (χ2v) is 6.34. The van der Waals surface area contributed by atoms with E-state index in [0.29, 0.717) is 6.04 Å². The van der Waals surface area contributed by atoms with Gasteiger partial charge >= 0.3 is 0 Å². The summed E-state index contributed by atoms with van der Waals surface area (Å²) in [7, 11) is 3.70. The van der Waals surface area contributed by atoms with Crippen molar-refractivity contribution in [2.75, 3.05) is 19.9 Å². The first kappa shape index (κ1) is 16.2. The van der Waals surface area contributed by atoms with Crippen LogP contribution in [0.4, 0.5) is 0 Å². The minimum absolute atomic E-state index is 0.404. The SMILES string of the molecule is CNC(CSc1cccc(Cl)c1)Cc1cccc(OC)c1. The minimum Gasteiger partial charge on any atom is -0.497 e. The molecule has 0 saturated carbocycles. The van der Waals surface area contributed by atoms with E-state index >= 15 is 0 Å². The molecular weight excluding hydrogens is 302 g/mol. The smallest absolute Gasteiger partial charge is 0.119 e. The number of hydrogen-bond donors (Lipinski definition) is 1. The number of nitrogens with one attached hydrogen (secondary N) is 1. The van der Waals surface area contributed by atoms with Crippen LogP contribution in [-0.4, -0.2) is 26.0 Å². The number of benzene rings is 2. The fraction of sp³-hybridized carbons (Fsp3) is 0.294. The molecule has 0 aromatic heterocycles. The number of rotatable bonds is 7. The fourth-order valence-electron chi connectivity index (χ4n) is 2.08. The van der Waals surface area contributed by atoms with Gasteiger partial charge in [-0.3, -0.25) is 0 Å². The maximum absolute atomic E-state index is 6.01. The van der Waals surface area contributed by atoms with Gasteiger partial charge in [-0.05, 0) is 49.4 Å². The van der Waals surface area contributed by atoms with Crippen molar-refractivity contribution >= 4 is 23.4 Å². The van der Waals surface area contributed by atoms with E-state index in [-0.39, 0.29) is 0 Å². The van der Waals surface area contributed by atoms with Crippen molar-refractivity contribution in [3.05, 3.63) is 59.1 Å². The molecule has 2 aromatic rings. The van der Waals surface area contributed by atoms with E-state index in [0.717, 1.165) is 22.9 Å². The van der Waals surface area contributed by atoms with Gasteiger partial charge in [-0.15, -0.1) is 11.8 Å². The second-order valence-electron chi connectivity index (χ2n) is 4.81. The van der Waals surface area contributed by atoms with E-state index in [4.69, 9.17) is 16.3 Å². The van der Waals surface area contributed by atoms with Crippen LogP contribution in [0.25, 0.3) is 0 Å². The van der Waals surface area contributed by atoms with Gasteiger partial charge in [-0.1, -0.05) is 29.8 Å². The number of ether oxygens (including phenoxy) is 1. The molecule has 0 saturated heterocycles. The highest BCUT2D eigenvalue weighted by molar-refractivity contribution is 7.99. The van der Waals surface area contributed by atoms with Crippen LogP contribution >= 0.6 is 23.4 Å². The van der Waals surface area contributed by atoms with Crippen LogP contribution in [0.15, 0.2) is 53.4 Å². The highest BCUT2D eigenvalue weighted by Gasteiger charge is 2.09. The topological polar surface area (TPSA) is 21.3 Å². The van der Waals surface area contributed by atoms with Crippen LogP contribution in [-0.2, 0) is 6.42 Å². The summed E-state index contributed by atoms with van der Waals surface area (Å²) < 4.78 is 5.27. The van der Waals surface area contributed by atoms with E-state index in [1.165, 1.54) is 10.5 Å². The van der Waals surface area contributed by atoms with E-state index in [1.807, 2.05) is 49.1 Å². The molecule has 0 heterocycles. The number of hydrogen-bond acceptors (Lipinski definition) is 3. The summed E-state index contributed by atoms with van der Waals surface area (Å²) in [6, 6.07) is 16.6. The Labute approximate surface area is 135 Å². The van der Waals surface area contributed by atoms with E-state index in [9.17, 15) is 0 Å². The molecule has 0 aliphatic carbocycles. The fourth-order valence-corrected chi connectivity index (χ4v) is 3.40. The third-order valence-corrected chi connectivity index (χ3v) is 4.66. The highest BCUT2D eigenvalue weighted by Crippen LogP contribution is 2.23. The summed E-state index contributed by atoms with van der Waals surface area (Å²) in [5.74, 6) is 1.90. The van der Waals surface area contributed by atoms with Gasteiger partial charge in [0.15, 0.2) is 0 Å². The van der Waals surface area contributed by atoms with Gasteiger partial charge in [-0.2, -0.15) is 0 Å². The average molecular weight is 322 g/mol. The molecule has 2 rings (SSSR count). The van der Waals surface area contributed by atoms with E-state index in [2.05, 4.69) is 23.5 Å². The Kier molecular flexibility index (Phi) is 6.43. The number of likely N-dealkylation sites (N-methyl/N-ethyl adjacent to an activating group) is 1. The first-order chi connectivity index (χ1) is 10.2. The third-order valence-electron chi connectivity index (χ3n) is 3.27. The van der Waals surface area contributed by atoms with E-state index < -0.39 is 0 Å². The molecule has 21 heavy (non-hydrogen) atoms. The van der Waals surface area contributed by atoms with Gasteiger partial charge in [0.1, 0.15) is 5.75 Å². The Bertz CT molecular complexity index is 576. The normalized spacial score (nSPS) is 12.1. The van der Waals surface area contributed by atoms with Crippen LogP contribution in [0, 0.1) is 0 Å². The van der Waals surface area contributed by atoms with Crippen LogP contribution < -0.4 is 10.1 Å². The molecule has 2 aromatic carbocycles. The van der Waals surface area contributed by atoms with Crippen molar-refractivity contribution in [2.24, 2.45) is 0 Å². The second kappa shape index (κ2) is 8.32. The summed E-state index contributed by atoms with van der Waals surface area (Å²) in [4.78, 5) is 1.20. The van der Waals surface area contributed by atoms with Gasteiger partial charge in [0, 0.05) is 21.7 Å². The van der Waals surface area contributed by atoms with Gasteiger partial charge in [0.05, 0.1) is 7.11 Å². The lowest BCUT2D eigenvalue weighted by atomic mass is 10.1. The van der Waals surface area contributed by atoms with Gasteiger partial charge in [0.2, 0.25) is 0 Å². The summed E-state index contributed by atoms with van der Waals surface area (Å²) in [5, 5.41) is 4.16. The molecule has 0 fully saturated rings. The summed E-state index contributed by atoms with van der Waals surface area (Å²) in [6.45, 7) is 0. The molecule has 1 N–H and O–H groups in total. The van der Waals surface area contributed by atoms with E-state index in [1.54, 1.807) is 7.11 Å². The summed E-state index contributed by atoms with van der Waals surface area (Å²) >= 11 is 7.83. The number of halogens is 1. The zero-order chi connectivity index (χ0) is 15.1. The predicted molar refractivity (Wildman–Crippen MR) is 91.7 cm³/mol. The summed E-state index contributed by atoms with van der Waals surface area (Å²) in [5.41, 5.74) is 1.28. The highest BCUT2D eigenvalue weighted by atomic mass is 35.5. The molecular formula is C17H20ClNOS. The largest absolute Gasteiger partial charge is 0.497 e. The van der Waals surface area contributed by atoms with Crippen molar-refractivity contribution < 1.29 is 4.74 Å². The molecule has 112 valence electrons. The Morgan fingerprint density at radius 1 is 1.19 bits per heavy atom. The molecule has 0 aliphatic heterocycles. The molecule has 1 unspecified atom stereocenters. The predicted octanol–water partition coefficient (Wildman–Crippen LogP) is 4.27. The van der Waals surface area contributed by atoms with Crippen molar-refractivity contribution in [1.82, 2.24) is 5.32 Å². The van der Waals surface area contributed by atoms with Gasteiger partial charge in [0.25, 0.3) is 0 Å². The maximum atomic E-state index is 6.01. The van der Waals surface area contributed by atoms with Gasteiger partial charge in [-0.25, -0.2) is 0 Å². The van der Waals surface area contributed by atoms with Crippen LogP contribution in [0.1, 0.15) is 5.56 Å². The Morgan fingerprint density at radius 2 is 2.00 bits per heavy atom. The zero-order valence-corrected chi connectivity index (χ0v) is 13.9. The van der Waals surface area contributed by atoms with Crippen molar-refractivity contribution in [2.45, 2.75) is 17.4 Å². The monoisotopic (exact) mass is 321 g/mol. The van der Waals surface area contributed by atoms with Crippen molar-refractivity contribution in [3.63, 3.8) is 0 Å². The van der Waals surface area contributed by atoms with Crippen LogP contribution in [0.2, 0.25) is 5.02 Å². The molecule has 0 bridgehead atoms. The maximum Gasteiger partial charge on any atom is 0.119 e. The summed E-state index contributed by atoms with van der Waals surface area (Å²) in [6.07, 6.45) is 0.973. The van der Waals surface area contributed by atoms with Crippen molar-refractivity contribution in [3.8, 4) is 5.75 Å². The molecule has 4 heteroatoms. The van der Waals surface area contributed by atoms with Crippen LogP contribution in [0.3, 0.4) is 0 Å². The lowest BCUT2D eigenvalue weighted by Crippen LogP contribution is -2.30. The van der Waals surface area contributed by atoms with Gasteiger partial charge < -0.3 is 10.1 Å². The molecule has 1 atom stereocenters. The Balaban J connectivity index is 1.93. The Hall–Kier alpha value is -1.16. The first-order valence-corrected chi connectivity index (χ1v) is 8.26. The molecule has 0 aliphatic rings. The quantitative estimate of drug-likeness (QED) is 0.769. The van der Waals surface area contributed by atoms with Crippen LogP contribution in [0.5, 0.6) is 5.75 Å². The molecule has 2 nitrogen and oxygen atoms in total. The standard InChI is InChI=1S/C17H20ClNOS/c1-19-15(9-13-5-3-7-16(10-13)20-2)12-21-17-8-4-6-14(18)11-17/h3-8,10-11,15,19H,9,12H2,1-2H3. The molecule has 0 spiro atoms. The Morgan fingerprint density at radius 3 is 2.71 bits per heavy atom. The zero-order valence-electron chi connectivity index (χ0n) is 12.3. The molecule has 0 radical (unpaired) electrons.